The fourth-order valence-corrected chi connectivity index (χ4v) is 6.30. The number of nitrogens with zero attached hydrogens (tertiary/aromatic N) is 3. The van der Waals surface area contributed by atoms with Crippen LogP contribution < -0.4 is 9.47 Å². The molecule has 2 aromatic heterocycles. The van der Waals surface area contributed by atoms with Crippen molar-refractivity contribution in [1.82, 2.24) is 14.4 Å². The third-order valence-corrected chi connectivity index (χ3v) is 8.56. The minimum absolute atomic E-state index is 0.0602. The molecule has 0 bridgehead atoms. The van der Waals surface area contributed by atoms with Gasteiger partial charge in [-0.1, -0.05) is 19.4 Å². The van der Waals surface area contributed by atoms with Gasteiger partial charge in [-0.15, -0.1) is 11.3 Å². The summed E-state index contributed by atoms with van der Waals surface area (Å²) < 4.78 is 18.6. The fourth-order valence-electron chi connectivity index (χ4n) is 5.56. The Labute approximate surface area is 244 Å². The van der Waals surface area contributed by atoms with Crippen molar-refractivity contribution in [2.24, 2.45) is 0 Å². The normalized spacial score (nSPS) is 14.8. The molecule has 4 heterocycles. The van der Waals surface area contributed by atoms with Gasteiger partial charge in [0.25, 0.3) is 5.91 Å². The number of aryl methyl sites for hydroxylation is 1. The summed E-state index contributed by atoms with van der Waals surface area (Å²) in [6, 6.07) is 9.91. The lowest BCUT2D eigenvalue weighted by Crippen LogP contribution is -2.37. The van der Waals surface area contributed by atoms with E-state index in [1.54, 1.807) is 25.4 Å². The number of unbranched alkanes of at least 4 members (excludes halogenated alkanes) is 1. The van der Waals surface area contributed by atoms with Gasteiger partial charge in [0, 0.05) is 55.1 Å². The first-order valence-corrected chi connectivity index (χ1v) is 15.2. The Kier molecular flexibility index (Phi) is 8.97. The second-order valence-corrected chi connectivity index (χ2v) is 11.1. The molecular weight excluding hydrogens is 542 g/mol. The number of ether oxygens (including phenoxy) is 3. The molecule has 0 atom stereocenters. The van der Waals surface area contributed by atoms with Crippen molar-refractivity contribution in [2.75, 3.05) is 46.5 Å². The molecule has 0 N–H and O–H groups in total. The Morgan fingerprint density at radius 3 is 2.59 bits per heavy atom. The highest BCUT2D eigenvalue weighted by Gasteiger charge is 2.32. The Hall–Kier alpha value is -3.79. The molecular formula is C31H37N3O6S. The standard InChI is InChI=1S/C31H37N3O6S/c1-4-6-11-32-14-15-33(12-10-28(32)35)31(37)24-18-23(27-8-7-16-41-27)30-22-19-26(40-20-29(36)39-5-2)25(38-3)17-21(22)9-13-34(24)30/h7-8,16-19H,4-6,9-15,20H2,1-3H3. The molecule has 0 spiro atoms. The SMILES string of the molecule is CCCCN1CCN(C(=O)c2cc(-c3cccs3)c3n2CCc2cc(OC)c(OCC(=O)OCC)cc2-3)CCC1=O. The molecule has 1 aromatic carbocycles. The predicted octanol–water partition coefficient (Wildman–Crippen LogP) is 4.86. The van der Waals surface area contributed by atoms with Gasteiger partial charge in [-0.3, -0.25) is 9.59 Å². The number of carbonyl (C=O) groups excluding carboxylic acids is 3. The zero-order chi connectivity index (χ0) is 28.9. The summed E-state index contributed by atoms with van der Waals surface area (Å²) in [5.74, 6) is 0.589. The number of rotatable bonds is 10. The lowest BCUT2D eigenvalue weighted by Gasteiger charge is -2.26. The van der Waals surface area contributed by atoms with Crippen LogP contribution in [0.1, 0.15) is 49.2 Å². The van der Waals surface area contributed by atoms with E-state index in [0.717, 1.165) is 46.6 Å². The highest BCUT2D eigenvalue weighted by atomic mass is 32.1. The monoisotopic (exact) mass is 579 g/mol. The molecule has 3 aromatic rings. The van der Waals surface area contributed by atoms with Crippen molar-refractivity contribution in [3.8, 4) is 33.2 Å². The zero-order valence-electron chi connectivity index (χ0n) is 23.9. The van der Waals surface area contributed by atoms with Gasteiger partial charge in [0.1, 0.15) is 5.69 Å². The maximum atomic E-state index is 14.0. The van der Waals surface area contributed by atoms with Crippen LogP contribution in [-0.4, -0.2) is 78.7 Å². The van der Waals surface area contributed by atoms with Crippen molar-refractivity contribution < 1.29 is 28.6 Å². The Bertz CT molecular complexity index is 1410. The summed E-state index contributed by atoms with van der Waals surface area (Å²) >= 11 is 1.62. The highest BCUT2D eigenvalue weighted by molar-refractivity contribution is 7.13. The summed E-state index contributed by atoms with van der Waals surface area (Å²) in [7, 11) is 1.58. The van der Waals surface area contributed by atoms with Crippen LogP contribution in [-0.2, 0) is 27.3 Å². The molecule has 41 heavy (non-hydrogen) atoms. The van der Waals surface area contributed by atoms with E-state index in [-0.39, 0.29) is 25.0 Å². The number of carbonyl (C=O) groups is 3. The Morgan fingerprint density at radius 1 is 1.00 bits per heavy atom. The van der Waals surface area contributed by atoms with Crippen molar-refractivity contribution in [1.29, 1.82) is 0 Å². The number of hydrogen-bond donors (Lipinski definition) is 0. The van der Waals surface area contributed by atoms with Crippen LogP contribution in [0.5, 0.6) is 11.5 Å². The summed E-state index contributed by atoms with van der Waals surface area (Å²) in [5, 5.41) is 2.03. The Morgan fingerprint density at radius 2 is 1.85 bits per heavy atom. The minimum atomic E-state index is -0.452. The number of thiophene rings is 1. The lowest BCUT2D eigenvalue weighted by atomic mass is 9.95. The third-order valence-electron chi connectivity index (χ3n) is 7.66. The molecule has 10 heteroatoms. The largest absolute Gasteiger partial charge is 0.493 e. The molecule has 218 valence electrons. The number of amides is 2. The lowest BCUT2D eigenvalue weighted by molar-refractivity contribution is -0.145. The van der Waals surface area contributed by atoms with Gasteiger partial charge in [0.15, 0.2) is 18.1 Å². The first kappa shape index (κ1) is 28.7. The summed E-state index contributed by atoms with van der Waals surface area (Å²) in [4.78, 5) is 43.5. The van der Waals surface area contributed by atoms with Gasteiger partial charge in [-0.05, 0) is 55.0 Å². The van der Waals surface area contributed by atoms with Crippen molar-refractivity contribution in [2.45, 2.75) is 46.1 Å². The first-order chi connectivity index (χ1) is 19.9. The number of benzene rings is 1. The smallest absolute Gasteiger partial charge is 0.344 e. The van der Waals surface area contributed by atoms with Crippen LogP contribution in [0.4, 0.5) is 0 Å². The van der Waals surface area contributed by atoms with E-state index in [0.29, 0.717) is 56.2 Å². The quantitative estimate of drug-likeness (QED) is 0.319. The molecule has 0 aliphatic carbocycles. The molecule has 1 fully saturated rings. The molecule has 5 rings (SSSR count). The molecule has 2 aliphatic rings. The van der Waals surface area contributed by atoms with Gasteiger partial charge >= 0.3 is 5.97 Å². The van der Waals surface area contributed by atoms with Crippen LogP contribution in [0.2, 0.25) is 0 Å². The maximum Gasteiger partial charge on any atom is 0.344 e. The van der Waals surface area contributed by atoms with Crippen molar-refractivity contribution >= 4 is 29.1 Å². The average molecular weight is 580 g/mol. The molecule has 0 radical (unpaired) electrons. The molecule has 2 aliphatic heterocycles. The van der Waals surface area contributed by atoms with Crippen LogP contribution >= 0.6 is 11.3 Å². The molecule has 1 saturated heterocycles. The van der Waals surface area contributed by atoms with E-state index in [1.807, 2.05) is 39.4 Å². The van der Waals surface area contributed by atoms with Crippen molar-refractivity contribution in [3.63, 3.8) is 0 Å². The summed E-state index contributed by atoms with van der Waals surface area (Å²) in [5.41, 5.74) is 4.56. The van der Waals surface area contributed by atoms with E-state index in [4.69, 9.17) is 14.2 Å². The summed E-state index contributed by atoms with van der Waals surface area (Å²) in [6.07, 6.45) is 3.03. The van der Waals surface area contributed by atoms with Crippen LogP contribution in [0, 0.1) is 0 Å². The van der Waals surface area contributed by atoms with E-state index >= 15 is 0 Å². The highest BCUT2D eigenvalue weighted by Crippen LogP contribution is 2.45. The van der Waals surface area contributed by atoms with Gasteiger partial charge in [-0.25, -0.2) is 4.79 Å². The molecule has 0 unspecified atom stereocenters. The van der Waals surface area contributed by atoms with E-state index in [9.17, 15) is 14.4 Å². The number of aromatic nitrogens is 1. The predicted molar refractivity (Wildman–Crippen MR) is 158 cm³/mol. The number of hydrogen-bond acceptors (Lipinski definition) is 7. The van der Waals surface area contributed by atoms with Gasteiger partial charge in [0.2, 0.25) is 5.91 Å². The fraction of sp³-hybridized carbons (Fsp3) is 0.452. The average Bonchev–Trinajstić information content (AvgIpc) is 3.61. The number of fused-ring (bicyclic) bond motifs is 3. The maximum absolute atomic E-state index is 14.0. The van der Waals surface area contributed by atoms with Crippen molar-refractivity contribution in [3.05, 3.63) is 47.0 Å². The second kappa shape index (κ2) is 12.8. The minimum Gasteiger partial charge on any atom is -0.493 e. The topological polar surface area (TPSA) is 90.3 Å². The van der Waals surface area contributed by atoms with E-state index < -0.39 is 5.97 Å². The van der Waals surface area contributed by atoms with E-state index in [1.165, 1.54) is 0 Å². The van der Waals surface area contributed by atoms with Gasteiger partial charge in [-0.2, -0.15) is 0 Å². The van der Waals surface area contributed by atoms with Gasteiger partial charge < -0.3 is 28.6 Å². The van der Waals surface area contributed by atoms with Crippen LogP contribution in [0.15, 0.2) is 35.7 Å². The second-order valence-electron chi connectivity index (χ2n) is 10.2. The molecule has 0 saturated carbocycles. The molecule has 2 amide bonds. The number of methoxy groups -OCH3 is 1. The summed E-state index contributed by atoms with van der Waals surface area (Å²) in [6.45, 7) is 6.77. The number of esters is 1. The van der Waals surface area contributed by atoms with Crippen LogP contribution in [0.3, 0.4) is 0 Å². The van der Waals surface area contributed by atoms with Gasteiger partial charge in [0.05, 0.1) is 19.4 Å². The first-order valence-electron chi connectivity index (χ1n) is 14.3. The van der Waals surface area contributed by atoms with E-state index in [2.05, 4.69) is 17.6 Å². The van der Waals surface area contributed by atoms with Crippen LogP contribution in [0.25, 0.3) is 21.7 Å². The zero-order valence-corrected chi connectivity index (χ0v) is 24.8. The third kappa shape index (κ3) is 5.98. The molecule has 9 nitrogen and oxygen atoms in total. The Balaban J connectivity index is 1.52.